The molecule has 136 valence electrons. The number of sulfonamides is 1. The summed E-state index contributed by atoms with van der Waals surface area (Å²) in [5.74, 6) is 0. The lowest BCUT2D eigenvalue weighted by Crippen LogP contribution is -2.49. The van der Waals surface area contributed by atoms with E-state index < -0.39 is 10.0 Å². The van der Waals surface area contributed by atoms with Gasteiger partial charge in [-0.15, -0.1) is 0 Å². The van der Waals surface area contributed by atoms with E-state index >= 15 is 0 Å². The average Bonchev–Trinajstić information content (AvgIpc) is 2.80. The first kappa shape index (κ1) is 18.2. The van der Waals surface area contributed by atoms with Gasteiger partial charge >= 0.3 is 0 Å². The largest absolute Gasteiger partial charge is 0.367 e. The minimum atomic E-state index is -3.54. The van der Waals surface area contributed by atoms with Gasteiger partial charge in [0.2, 0.25) is 10.0 Å². The molecule has 0 bridgehead atoms. The van der Waals surface area contributed by atoms with E-state index in [1.807, 2.05) is 25.1 Å². The number of para-hydroxylation sites is 1. The molecule has 0 aliphatic carbocycles. The molecule has 8 heteroatoms. The third-order valence-corrected chi connectivity index (χ3v) is 7.24. The number of nitrogens with zero attached hydrogens (tertiary/aromatic N) is 4. The molecular weight excluding hydrogens is 360 g/mol. The molecule has 0 N–H and O–H groups in total. The minimum absolute atomic E-state index is 0.331. The van der Waals surface area contributed by atoms with Gasteiger partial charge in [0, 0.05) is 33.2 Å². The van der Waals surface area contributed by atoms with Gasteiger partial charge in [0.05, 0.1) is 22.1 Å². The number of halogens is 1. The maximum absolute atomic E-state index is 13.0. The highest BCUT2D eigenvalue weighted by Crippen LogP contribution is 2.31. The number of piperazine rings is 1. The van der Waals surface area contributed by atoms with Crippen LogP contribution in [-0.4, -0.2) is 48.7 Å². The maximum atomic E-state index is 13.0. The lowest BCUT2D eigenvalue weighted by Gasteiger charge is -2.36. The highest BCUT2D eigenvalue weighted by Gasteiger charge is 2.33. The van der Waals surface area contributed by atoms with Gasteiger partial charge in [0.25, 0.3) is 0 Å². The first-order valence-corrected chi connectivity index (χ1v) is 10.1. The summed E-state index contributed by atoms with van der Waals surface area (Å²) in [7, 11) is -1.77. The molecule has 2 heterocycles. The molecule has 0 saturated carbocycles. The van der Waals surface area contributed by atoms with Crippen molar-refractivity contribution >= 4 is 27.3 Å². The second-order valence-electron chi connectivity index (χ2n) is 6.42. The third-order valence-electron chi connectivity index (χ3n) is 4.78. The highest BCUT2D eigenvalue weighted by atomic mass is 35.5. The van der Waals surface area contributed by atoms with Crippen LogP contribution in [0.3, 0.4) is 0 Å². The van der Waals surface area contributed by atoms with Crippen LogP contribution < -0.4 is 4.90 Å². The molecule has 1 fully saturated rings. The molecule has 2 aromatic rings. The van der Waals surface area contributed by atoms with Crippen LogP contribution in [0.15, 0.2) is 23.1 Å². The summed E-state index contributed by atoms with van der Waals surface area (Å²) in [6, 6.07) is 5.82. The lowest BCUT2D eigenvalue weighted by atomic mass is 10.1. The van der Waals surface area contributed by atoms with Crippen LogP contribution in [0.2, 0.25) is 5.02 Å². The first-order chi connectivity index (χ1) is 11.7. The molecule has 25 heavy (non-hydrogen) atoms. The second-order valence-corrected chi connectivity index (χ2v) is 8.70. The van der Waals surface area contributed by atoms with E-state index in [2.05, 4.69) is 10.00 Å². The van der Waals surface area contributed by atoms with Gasteiger partial charge in [-0.2, -0.15) is 9.40 Å². The number of rotatable bonds is 3. The van der Waals surface area contributed by atoms with Crippen molar-refractivity contribution in [2.45, 2.75) is 25.7 Å². The van der Waals surface area contributed by atoms with E-state index in [0.717, 1.165) is 11.3 Å². The lowest BCUT2D eigenvalue weighted by molar-refractivity contribution is 0.384. The molecule has 0 amide bonds. The average molecular weight is 383 g/mol. The Hall–Kier alpha value is -1.57. The standard InChI is InChI=1S/C17H23ClN4O2S/c1-12-6-5-7-15(18)16(12)21-8-10-22(11-9-21)25(23,24)17-13(2)19-20(4)14(17)3/h5-7H,8-11H2,1-4H3. The zero-order chi connectivity index (χ0) is 18.4. The minimum Gasteiger partial charge on any atom is -0.367 e. The van der Waals surface area contributed by atoms with Crippen molar-refractivity contribution in [3.8, 4) is 0 Å². The Morgan fingerprint density at radius 2 is 1.72 bits per heavy atom. The van der Waals surface area contributed by atoms with E-state index in [9.17, 15) is 8.42 Å². The molecule has 1 aliphatic rings. The summed E-state index contributed by atoms with van der Waals surface area (Å²) >= 11 is 6.34. The summed E-state index contributed by atoms with van der Waals surface area (Å²) in [5.41, 5.74) is 3.31. The molecule has 1 saturated heterocycles. The van der Waals surface area contributed by atoms with E-state index in [1.54, 1.807) is 29.9 Å². The van der Waals surface area contributed by atoms with Crippen LogP contribution in [-0.2, 0) is 17.1 Å². The van der Waals surface area contributed by atoms with E-state index in [0.29, 0.717) is 47.5 Å². The maximum Gasteiger partial charge on any atom is 0.246 e. The number of hydrogen-bond acceptors (Lipinski definition) is 4. The normalized spacial score (nSPS) is 16.4. The van der Waals surface area contributed by atoms with Crippen LogP contribution in [0.1, 0.15) is 17.0 Å². The Labute approximate surface area is 154 Å². The van der Waals surface area contributed by atoms with Gasteiger partial charge in [-0.1, -0.05) is 23.7 Å². The molecule has 1 aliphatic heterocycles. The van der Waals surface area contributed by atoms with Crippen LogP contribution in [0, 0.1) is 20.8 Å². The van der Waals surface area contributed by atoms with Gasteiger partial charge in [-0.25, -0.2) is 8.42 Å². The third kappa shape index (κ3) is 3.16. The van der Waals surface area contributed by atoms with Crippen molar-refractivity contribution in [1.29, 1.82) is 0 Å². The van der Waals surface area contributed by atoms with Crippen LogP contribution in [0.25, 0.3) is 0 Å². The molecular formula is C17H23ClN4O2S. The fourth-order valence-electron chi connectivity index (χ4n) is 3.43. The zero-order valence-corrected chi connectivity index (χ0v) is 16.5. The van der Waals surface area contributed by atoms with Gasteiger partial charge in [0.1, 0.15) is 4.90 Å². The van der Waals surface area contributed by atoms with Crippen LogP contribution >= 0.6 is 11.6 Å². The summed E-state index contributed by atoms with van der Waals surface area (Å²) < 4.78 is 29.3. The SMILES string of the molecule is Cc1cccc(Cl)c1N1CCN(S(=O)(=O)c2c(C)nn(C)c2C)CC1. The van der Waals surface area contributed by atoms with Crippen molar-refractivity contribution in [3.63, 3.8) is 0 Å². The Bertz CT molecular complexity index is 879. The van der Waals surface area contributed by atoms with Crippen molar-refractivity contribution in [2.75, 3.05) is 31.1 Å². The fourth-order valence-corrected chi connectivity index (χ4v) is 5.60. The van der Waals surface area contributed by atoms with E-state index in [-0.39, 0.29) is 0 Å². The molecule has 3 rings (SSSR count). The Kier molecular flexibility index (Phi) is 4.83. The van der Waals surface area contributed by atoms with Gasteiger partial charge in [0.15, 0.2) is 0 Å². The van der Waals surface area contributed by atoms with E-state index in [1.165, 1.54) is 0 Å². The molecule has 0 atom stereocenters. The molecule has 1 aromatic heterocycles. The predicted octanol–water partition coefficient (Wildman–Crippen LogP) is 2.51. The molecule has 6 nitrogen and oxygen atoms in total. The molecule has 0 radical (unpaired) electrons. The summed E-state index contributed by atoms with van der Waals surface area (Å²) in [6.07, 6.45) is 0. The van der Waals surface area contributed by atoms with Crippen molar-refractivity contribution in [1.82, 2.24) is 14.1 Å². The van der Waals surface area contributed by atoms with E-state index in [4.69, 9.17) is 11.6 Å². The van der Waals surface area contributed by atoms with Crippen molar-refractivity contribution in [2.24, 2.45) is 7.05 Å². The number of aryl methyl sites for hydroxylation is 3. The number of hydrogen-bond donors (Lipinski definition) is 0. The second kappa shape index (κ2) is 6.63. The Morgan fingerprint density at radius 3 is 2.24 bits per heavy atom. The predicted molar refractivity (Wildman–Crippen MR) is 99.8 cm³/mol. The summed E-state index contributed by atoms with van der Waals surface area (Å²) in [6.45, 7) is 7.64. The number of aromatic nitrogens is 2. The Morgan fingerprint density at radius 1 is 1.08 bits per heavy atom. The monoisotopic (exact) mass is 382 g/mol. The summed E-state index contributed by atoms with van der Waals surface area (Å²) in [5, 5.41) is 4.94. The van der Waals surface area contributed by atoms with Gasteiger partial charge < -0.3 is 4.90 Å². The molecule has 1 aromatic carbocycles. The molecule has 0 unspecified atom stereocenters. The number of anilines is 1. The summed E-state index contributed by atoms with van der Waals surface area (Å²) in [4.78, 5) is 2.49. The van der Waals surface area contributed by atoms with Crippen molar-refractivity contribution < 1.29 is 8.42 Å². The fraction of sp³-hybridized carbons (Fsp3) is 0.471. The first-order valence-electron chi connectivity index (χ1n) is 8.24. The van der Waals surface area contributed by atoms with Crippen LogP contribution in [0.5, 0.6) is 0 Å². The smallest absolute Gasteiger partial charge is 0.246 e. The van der Waals surface area contributed by atoms with Gasteiger partial charge in [-0.3, -0.25) is 4.68 Å². The zero-order valence-electron chi connectivity index (χ0n) is 15.0. The van der Waals surface area contributed by atoms with Crippen LogP contribution in [0.4, 0.5) is 5.69 Å². The topological polar surface area (TPSA) is 58.4 Å². The van der Waals surface area contributed by atoms with Crippen molar-refractivity contribution in [3.05, 3.63) is 40.2 Å². The Balaban J connectivity index is 1.82. The highest BCUT2D eigenvalue weighted by molar-refractivity contribution is 7.89. The number of benzene rings is 1. The quantitative estimate of drug-likeness (QED) is 0.818. The van der Waals surface area contributed by atoms with Gasteiger partial charge in [-0.05, 0) is 32.4 Å². The molecule has 0 spiro atoms.